The molecule has 0 aliphatic carbocycles. The maximum atomic E-state index is 13.4. The molecule has 0 aliphatic heterocycles. The van der Waals surface area contributed by atoms with E-state index >= 15 is 0 Å². The Morgan fingerprint density at radius 1 is 1.19 bits per heavy atom. The van der Waals surface area contributed by atoms with Gasteiger partial charge < -0.3 is 14.7 Å². The largest absolute Gasteiger partial charge is 0.392 e. The van der Waals surface area contributed by atoms with Crippen LogP contribution in [0.25, 0.3) is 0 Å². The van der Waals surface area contributed by atoms with E-state index in [-0.39, 0.29) is 12.4 Å². The van der Waals surface area contributed by atoms with Crippen molar-refractivity contribution in [3.8, 4) is 6.07 Å². The lowest BCUT2D eigenvalue weighted by Gasteiger charge is -2.33. The van der Waals surface area contributed by atoms with Crippen molar-refractivity contribution in [2.45, 2.75) is 25.0 Å². The molecular formula is C21H25ClFN2O2+. The molecule has 0 saturated carbocycles. The highest BCUT2D eigenvalue weighted by atomic mass is 35.5. The molecule has 144 valence electrons. The highest BCUT2D eigenvalue weighted by Gasteiger charge is 2.34. The van der Waals surface area contributed by atoms with Gasteiger partial charge in [-0.25, -0.2) is 4.39 Å². The highest BCUT2D eigenvalue weighted by molar-refractivity contribution is 6.16. The molecule has 0 bridgehead atoms. The number of halogens is 2. The zero-order valence-corrected chi connectivity index (χ0v) is 16.4. The van der Waals surface area contributed by atoms with Gasteiger partial charge in [-0.15, -0.1) is 0 Å². The van der Waals surface area contributed by atoms with E-state index in [1.165, 1.54) is 12.1 Å². The summed E-state index contributed by atoms with van der Waals surface area (Å²) in [6, 6.07) is 13.1. The van der Waals surface area contributed by atoms with E-state index < -0.39 is 5.60 Å². The molecular weight excluding hydrogens is 367 g/mol. The number of aliphatic hydroxyl groups excluding tert-OH is 1. The van der Waals surface area contributed by atoms with E-state index in [9.17, 15) is 14.6 Å². The number of alkyl halides is 1. The molecule has 4 nitrogen and oxygen atoms in total. The Hall–Kier alpha value is -1.97. The minimum absolute atomic E-state index is 0.308. The summed E-state index contributed by atoms with van der Waals surface area (Å²) < 4.78 is 14.0. The van der Waals surface area contributed by atoms with Crippen LogP contribution in [-0.2, 0) is 12.2 Å². The molecule has 0 fully saturated rings. The van der Waals surface area contributed by atoms with Gasteiger partial charge in [0, 0.05) is 0 Å². The van der Waals surface area contributed by atoms with Crippen LogP contribution in [0.15, 0.2) is 42.5 Å². The van der Waals surface area contributed by atoms with E-state index in [0.29, 0.717) is 45.6 Å². The number of nitrogens with zero attached hydrogens (tertiary/aromatic N) is 2. The average Bonchev–Trinajstić information content (AvgIpc) is 2.67. The van der Waals surface area contributed by atoms with Crippen LogP contribution in [0.2, 0.25) is 0 Å². The highest BCUT2D eigenvalue weighted by Crippen LogP contribution is 2.37. The van der Waals surface area contributed by atoms with Gasteiger partial charge in [0.1, 0.15) is 11.4 Å². The summed E-state index contributed by atoms with van der Waals surface area (Å²) >= 11 is 5.98. The number of rotatable bonds is 8. The molecule has 1 unspecified atom stereocenters. The second-order valence-corrected chi connectivity index (χ2v) is 7.63. The predicted octanol–water partition coefficient (Wildman–Crippen LogP) is 3.48. The Kier molecular flexibility index (Phi) is 6.96. The van der Waals surface area contributed by atoms with Crippen LogP contribution in [0.4, 0.5) is 4.39 Å². The van der Waals surface area contributed by atoms with Gasteiger partial charge in [0.15, 0.2) is 6.00 Å². The van der Waals surface area contributed by atoms with E-state index in [1.54, 1.807) is 30.3 Å². The summed E-state index contributed by atoms with van der Waals surface area (Å²) in [5.74, 6) is -0.386. The first-order chi connectivity index (χ1) is 12.8. The molecule has 0 radical (unpaired) electrons. The van der Waals surface area contributed by atoms with Gasteiger partial charge in [-0.1, -0.05) is 29.8 Å². The van der Waals surface area contributed by atoms with Crippen molar-refractivity contribution < 1.29 is 19.1 Å². The number of benzene rings is 2. The maximum absolute atomic E-state index is 13.4. The lowest BCUT2D eigenvalue weighted by atomic mass is 9.80. The van der Waals surface area contributed by atoms with Crippen molar-refractivity contribution >= 4 is 11.6 Å². The lowest BCUT2D eigenvalue weighted by molar-refractivity contribution is -0.879. The van der Waals surface area contributed by atoms with Gasteiger partial charge in [0.2, 0.25) is 0 Å². The number of quaternary nitrogens is 1. The summed E-state index contributed by atoms with van der Waals surface area (Å²) in [7, 11) is 4.01. The van der Waals surface area contributed by atoms with E-state index in [1.807, 2.05) is 20.2 Å². The molecule has 2 N–H and O–H groups in total. The second-order valence-electron chi connectivity index (χ2n) is 7.39. The van der Waals surface area contributed by atoms with Gasteiger partial charge in [0.25, 0.3) is 0 Å². The molecule has 27 heavy (non-hydrogen) atoms. The quantitative estimate of drug-likeness (QED) is 0.411. The van der Waals surface area contributed by atoms with Crippen molar-refractivity contribution in [1.29, 1.82) is 5.26 Å². The Balaban J connectivity index is 2.47. The van der Waals surface area contributed by atoms with Crippen LogP contribution >= 0.6 is 11.6 Å². The van der Waals surface area contributed by atoms with Crippen molar-refractivity contribution in [2.75, 3.05) is 26.6 Å². The average molecular weight is 392 g/mol. The molecule has 1 atom stereocenters. The van der Waals surface area contributed by atoms with Crippen LogP contribution < -0.4 is 0 Å². The summed E-state index contributed by atoms with van der Waals surface area (Å²) in [6.45, 7) is 0.440. The first kappa shape index (κ1) is 21.3. The molecule has 2 rings (SSSR count). The van der Waals surface area contributed by atoms with E-state index in [4.69, 9.17) is 16.9 Å². The minimum atomic E-state index is -1.41. The zero-order valence-electron chi connectivity index (χ0n) is 15.6. The summed E-state index contributed by atoms with van der Waals surface area (Å²) in [4.78, 5) is 0. The fourth-order valence-corrected chi connectivity index (χ4v) is 3.30. The summed E-state index contributed by atoms with van der Waals surface area (Å²) in [6.07, 6.45) is 1.04. The molecule has 0 spiro atoms. The summed E-state index contributed by atoms with van der Waals surface area (Å²) in [5, 5.41) is 30.5. The number of aliphatic hydroxyl groups is 2. The number of hydrogen-bond donors (Lipinski definition) is 2. The molecule has 0 amide bonds. The van der Waals surface area contributed by atoms with Crippen LogP contribution in [0.3, 0.4) is 0 Å². The fourth-order valence-electron chi connectivity index (χ4n) is 3.18. The van der Waals surface area contributed by atoms with E-state index in [2.05, 4.69) is 0 Å². The SMILES string of the molecule is C[N+](C)(CCl)CCCC(O)(c1ccc(F)cc1)c1ccc(C#N)cc1CO. The van der Waals surface area contributed by atoms with Gasteiger partial charge >= 0.3 is 0 Å². The standard InChI is InChI=1S/C21H25ClFN2O2/c1-25(2,15-22)11-3-10-21(27,18-5-7-19(23)8-6-18)20-9-4-16(13-24)12-17(20)14-26/h4-9,12,26-27H,3,10-11,14-15H2,1-2H3/q+1. The number of hydrogen-bond acceptors (Lipinski definition) is 3. The summed E-state index contributed by atoms with van der Waals surface area (Å²) in [5.41, 5.74) is 0.536. The number of nitriles is 1. The van der Waals surface area contributed by atoms with Crippen molar-refractivity contribution in [2.24, 2.45) is 0 Å². The first-order valence-electron chi connectivity index (χ1n) is 8.76. The Bertz CT molecular complexity index is 818. The Labute approximate surface area is 164 Å². The topological polar surface area (TPSA) is 64.2 Å². The third-order valence-corrected chi connectivity index (χ3v) is 5.44. The minimum Gasteiger partial charge on any atom is -0.392 e. The Morgan fingerprint density at radius 3 is 2.41 bits per heavy atom. The van der Waals surface area contributed by atoms with Crippen LogP contribution in [0, 0.1) is 17.1 Å². The third-order valence-electron chi connectivity index (χ3n) is 4.80. The molecule has 0 aromatic heterocycles. The van der Waals surface area contributed by atoms with Gasteiger partial charge in [-0.05, 0) is 53.8 Å². The molecule has 0 heterocycles. The molecule has 0 saturated heterocycles. The fraction of sp³-hybridized carbons (Fsp3) is 0.381. The maximum Gasteiger partial charge on any atom is 0.154 e. The lowest BCUT2D eigenvalue weighted by Crippen LogP contribution is -2.40. The normalized spacial score (nSPS) is 13.8. The monoisotopic (exact) mass is 391 g/mol. The van der Waals surface area contributed by atoms with Gasteiger partial charge in [0.05, 0.1) is 38.9 Å². The predicted molar refractivity (Wildman–Crippen MR) is 103 cm³/mol. The molecule has 2 aromatic carbocycles. The van der Waals surface area contributed by atoms with E-state index in [0.717, 1.165) is 6.54 Å². The van der Waals surface area contributed by atoms with Crippen LogP contribution in [0.5, 0.6) is 0 Å². The van der Waals surface area contributed by atoms with Crippen molar-refractivity contribution in [3.63, 3.8) is 0 Å². The second kappa shape index (κ2) is 8.81. The van der Waals surface area contributed by atoms with Crippen molar-refractivity contribution in [1.82, 2.24) is 0 Å². The van der Waals surface area contributed by atoms with Gasteiger partial charge in [-0.2, -0.15) is 5.26 Å². The Morgan fingerprint density at radius 2 is 1.85 bits per heavy atom. The molecule has 0 aliphatic rings. The smallest absolute Gasteiger partial charge is 0.154 e. The molecule has 2 aromatic rings. The third kappa shape index (κ3) is 5.06. The van der Waals surface area contributed by atoms with Crippen molar-refractivity contribution in [3.05, 3.63) is 70.5 Å². The first-order valence-corrected chi connectivity index (χ1v) is 9.30. The zero-order chi connectivity index (χ0) is 20.1. The molecule has 6 heteroatoms. The van der Waals surface area contributed by atoms with Crippen LogP contribution in [-0.4, -0.2) is 41.3 Å². The van der Waals surface area contributed by atoms with Crippen LogP contribution in [0.1, 0.15) is 35.1 Å². The van der Waals surface area contributed by atoms with Gasteiger partial charge in [-0.3, -0.25) is 0 Å².